The molecule has 1 aromatic rings. The maximum Gasteiger partial charge on any atom is 0.221 e. The van der Waals surface area contributed by atoms with E-state index in [0.29, 0.717) is 18.9 Å². The highest BCUT2D eigenvalue weighted by molar-refractivity contribution is 9.10. The molecule has 1 amide bonds. The van der Waals surface area contributed by atoms with E-state index in [1.54, 1.807) is 0 Å². The Morgan fingerprint density at radius 2 is 1.84 bits per heavy atom. The summed E-state index contributed by atoms with van der Waals surface area (Å²) in [6.45, 7) is 7.74. The molecular weight excluding hydrogens is 304 g/mol. The maximum absolute atomic E-state index is 11.6. The summed E-state index contributed by atoms with van der Waals surface area (Å²) in [5.41, 5.74) is 1.23. The molecule has 0 saturated carbocycles. The first kappa shape index (κ1) is 16.2. The lowest BCUT2D eigenvalue weighted by Crippen LogP contribution is -2.31. The lowest BCUT2D eigenvalue weighted by molar-refractivity contribution is -0.121. The van der Waals surface area contributed by atoms with Gasteiger partial charge in [-0.25, -0.2) is 0 Å². The predicted molar refractivity (Wildman–Crippen MR) is 83.0 cm³/mol. The highest BCUT2D eigenvalue weighted by atomic mass is 79.9. The largest absolute Gasteiger partial charge is 0.356 e. The molecule has 1 unspecified atom stereocenters. The second-order valence-electron chi connectivity index (χ2n) is 5.18. The van der Waals surface area contributed by atoms with Crippen LogP contribution in [0.3, 0.4) is 0 Å². The average Bonchev–Trinajstić information content (AvgIpc) is 2.37. The smallest absolute Gasteiger partial charge is 0.221 e. The molecule has 106 valence electrons. The van der Waals surface area contributed by atoms with Gasteiger partial charge in [-0.15, -0.1) is 0 Å². The number of rotatable bonds is 7. The summed E-state index contributed by atoms with van der Waals surface area (Å²) in [7, 11) is 0. The fourth-order valence-electron chi connectivity index (χ4n) is 1.68. The third-order valence-electron chi connectivity index (χ3n) is 2.88. The summed E-state index contributed by atoms with van der Waals surface area (Å²) in [5.74, 6) is 0.614. The minimum absolute atomic E-state index is 0.115. The Hall–Kier alpha value is -0.870. The summed E-state index contributed by atoms with van der Waals surface area (Å²) in [4.78, 5) is 11.6. The fraction of sp³-hybridized carbons (Fsp3) is 0.533. The van der Waals surface area contributed by atoms with Crippen LogP contribution in [0.2, 0.25) is 0 Å². The topological polar surface area (TPSA) is 41.1 Å². The van der Waals surface area contributed by atoms with Gasteiger partial charge in [-0.3, -0.25) is 4.79 Å². The van der Waals surface area contributed by atoms with Crippen LogP contribution in [0.25, 0.3) is 0 Å². The molecule has 1 rings (SSSR count). The van der Waals surface area contributed by atoms with Crippen LogP contribution in [0.5, 0.6) is 0 Å². The van der Waals surface area contributed by atoms with Gasteiger partial charge in [0, 0.05) is 30.0 Å². The van der Waals surface area contributed by atoms with Gasteiger partial charge in [-0.1, -0.05) is 41.9 Å². The summed E-state index contributed by atoms with van der Waals surface area (Å²) in [6, 6.07) is 8.48. The van der Waals surface area contributed by atoms with Gasteiger partial charge in [0.1, 0.15) is 0 Å². The molecule has 2 N–H and O–H groups in total. The first-order valence-corrected chi connectivity index (χ1v) is 7.54. The van der Waals surface area contributed by atoms with Crippen molar-refractivity contribution in [1.82, 2.24) is 10.6 Å². The van der Waals surface area contributed by atoms with Crippen LogP contribution in [0, 0.1) is 5.92 Å². The lowest BCUT2D eigenvalue weighted by Gasteiger charge is -2.14. The van der Waals surface area contributed by atoms with Gasteiger partial charge in [0.2, 0.25) is 5.91 Å². The summed E-state index contributed by atoms with van der Waals surface area (Å²) in [6.07, 6.45) is 0.521. The van der Waals surface area contributed by atoms with Crippen LogP contribution in [0.1, 0.15) is 38.8 Å². The van der Waals surface area contributed by atoms with E-state index in [4.69, 9.17) is 0 Å². The molecule has 3 nitrogen and oxygen atoms in total. The Balaban J connectivity index is 2.25. The van der Waals surface area contributed by atoms with Crippen LogP contribution in [-0.2, 0) is 4.79 Å². The Labute approximate surface area is 124 Å². The quantitative estimate of drug-likeness (QED) is 0.807. The van der Waals surface area contributed by atoms with Crippen LogP contribution in [0.4, 0.5) is 0 Å². The number of carbonyl (C=O) groups excluding carboxylic acids is 1. The van der Waals surface area contributed by atoms with Crippen LogP contribution in [0.15, 0.2) is 28.7 Å². The van der Waals surface area contributed by atoms with Crippen LogP contribution < -0.4 is 10.6 Å². The molecule has 0 aliphatic heterocycles. The van der Waals surface area contributed by atoms with Crippen molar-refractivity contribution >= 4 is 21.8 Å². The van der Waals surface area contributed by atoms with E-state index in [2.05, 4.69) is 59.5 Å². The SMILES string of the molecule is CC(C)CNC(=O)CCNC(C)c1ccc(Br)cc1. The van der Waals surface area contributed by atoms with Crippen molar-refractivity contribution in [2.45, 2.75) is 33.2 Å². The molecule has 4 heteroatoms. The van der Waals surface area contributed by atoms with Crippen molar-refractivity contribution in [3.05, 3.63) is 34.3 Å². The van der Waals surface area contributed by atoms with Gasteiger partial charge in [0.05, 0.1) is 0 Å². The zero-order valence-corrected chi connectivity index (χ0v) is 13.5. The second-order valence-corrected chi connectivity index (χ2v) is 6.09. The van der Waals surface area contributed by atoms with E-state index in [9.17, 15) is 4.79 Å². The summed E-state index contributed by atoms with van der Waals surface area (Å²) >= 11 is 3.42. The van der Waals surface area contributed by atoms with Crippen molar-refractivity contribution in [3.63, 3.8) is 0 Å². The monoisotopic (exact) mass is 326 g/mol. The third kappa shape index (κ3) is 6.73. The fourth-order valence-corrected chi connectivity index (χ4v) is 1.94. The molecule has 0 saturated heterocycles. The van der Waals surface area contributed by atoms with Crippen LogP contribution in [-0.4, -0.2) is 19.0 Å². The van der Waals surface area contributed by atoms with E-state index >= 15 is 0 Å². The highest BCUT2D eigenvalue weighted by Crippen LogP contribution is 2.16. The molecule has 0 aromatic heterocycles. The van der Waals surface area contributed by atoms with E-state index in [-0.39, 0.29) is 11.9 Å². The average molecular weight is 327 g/mol. The van der Waals surface area contributed by atoms with Gasteiger partial charge in [0.15, 0.2) is 0 Å². The molecule has 0 aliphatic carbocycles. The molecule has 0 heterocycles. The number of carbonyl (C=O) groups is 1. The number of amides is 1. The predicted octanol–water partition coefficient (Wildman–Crippen LogP) is 3.26. The first-order chi connectivity index (χ1) is 8.99. The number of benzene rings is 1. The van der Waals surface area contributed by atoms with Crippen molar-refractivity contribution in [2.75, 3.05) is 13.1 Å². The molecule has 19 heavy (non-hydrogen) atoms. The molecule has 1 atom stereocenters. The van der Waals surface area contributed by atoms with Crippen molar-refractivity contribution in [1.29, 1.82) is 0 Å². The third-order valence-corrected chi connectivity index (χ3v) is 3.41. The second kappa shape index (κ2) is 8.33. The molecule has 0 radical (unpaired) electrons. The minimum Gasteiger partial charge on any atom is -0.356 e. The van der Waals surface area contributed by atoms with E-state index in [1.807, 2.05) is 12.1 Å². The molecule has 0 bridgehead atoms. The lowest BCUT2D eigenvalue weighted by atomic mass is 10.1. The number of nitrogens with one attached hydrogen (secondary N) is 2. The number of halogens is 1. The number of hydrogen-bond acceptors (Lipinski definition) is 2. The molecule has 0 spiro atoms. The van der Waals surface area contributed by atoms with Crippen molar-refractivity contribution in [2.24, 2.45) is 5.92 Å². The van der Waals surface area contributed by atoms with Crippen molar-refractivity contribution < 1.29 is 4.79 Å². The van der Waals surface area contributed by atoms with E-state index in [0.717, 1.165) is 11.0 Å². The van der Waals surface area contributed by atoms with Crippen molar-refractivity contribution in [3.8, 4) is 0 Å². The Kier molecular flexibility index (Phi) is 7.10. The van der Waals surface area contributed by atoms with Gasteiger partial charge in [-0.2, -0.15) is 0 Å². The van der Waals surface area contributed by atoms with Crippen LogP contribution >= 0.6 is 15.9 Å². The van der Waals surface area contributed by atoms with Gasteiger partial charge in [-0.05, 0) is 30.5 Å². The molecule has 1 aromatic carbocycles. The molecule has 0 fully saturated rings. The zero-order valence-electron chi connectivity index (χ0n) is 11.9. The Morgan fingerprint density at radius 1 is 1.21 bits per heavy atom. The summed E-state index contributed by atoms with van der Waals surface area (Å²) < 4.78 is 1.08. The minimum atomic E-state index is 0.115. The molecular formula is C15H23BrN2O. The van der Waals surface area contributed by atoms with E-state index in [1.165, 1.54) is 5.56 Å². The maximum atomic E-state index is 11.6. The van der Waals surface area contributed by atoms with Gasteiger partial charge >= 0.3 is 0 Å². The van der Waals surface area contributed by atoms with Gasteiger partial charge < -0.3 is 10.6 Å². The molecule has 0 aliphatic rings. The Bertz CT molecular complexity index is 390. The number of hydrogen-bond donors (Lipinski definition) is 2. The highest BCUT2D eigenvalue weighted by Gasteiger charge is 2.06. The first-order valence-electron chi connectivity index (χ1n) is 6.74. The normalized spacial score (nSPS) is 12.5. The summed E-state index contributed by atoms with van der Waals surface area (Å²) in [5, 5.41) is 6.28. The van der Waals surface area contributed by atoms with E-state index < -0.39 is 0 Å². The van der Waals surface area contributed by atoms with Gasteiger partial charge in [0.25, 0.3) is 0 Å². The Morgan fingerprint density at radius 3 is 2.42 bits per heavy atom. The zero-order chi connectivity index (χ0) is 14.3. The standard InChI is InChI=1S/C15H23BrN2O/c1-11(2)10-18-15(19)8-9-17-12(3)13-4-6-14(16)7-5-13/h4-7,11-12,17H,8-10H2,1-3H3,(H,18,19).